The van der Waals surface area contributed by atoms with E-state index in [0.29, 0.717) is 30.3 Å². The molecule has 2 aliphatic rings. The molecule has 0 spiro atoms. The van der Waals surface area contributed by atoms with Crippen LogP contribution in [-0.4, -0.2) is 37.5 Å². The van der Waals surface area contributed by atoms with Crippen LogP contribution in [-0.2, 0) is 11.2 Å². The summed E-state index contributed by atoms with van der Waals surface area (Å²) in [6.45, 7) is 5.67. The zero-order valence-corrected chi connectivity index (χ0v) is 21.7. The number of methoxy groups -OCH3 is 1. The number of rotatable bonds is 9. The second kappa shape index (κ2) is 11.3. The van der Waals surface area contributed by atoms with Crippen molar-refractivity contribution in [1.29, 1.82) is 0 Å². The largest absolute Gasteiger partial charge is 0.493 e. The molecular weight excluding hydrogens is 460 g/mol. The Labute approximate surface area is 213 Å². The Balaban J connectivity index is 1.67. The highest BCUT2D eigenvalue weighted by atomic mass is 35.5. The summed E-state index contributed by atoms with van der Waals surface area (Å²) < 4.78 is 12.0. The molecule has 35 heavy (non-hydrogen) atoms. The van der Waals surface area contributed by atoms with E-state index in [1.54, 1.807) is 7.11 Å². The lowest BCUT2D eigenvalue weighted by molar-refractivity contribution is -0.120. The Kier molecular flexibility index (Phi) is 8.19. The van der Waals surface area contributed by atoms with Gasteiger partial charge in [-0.15, -0.1) is 0 Å². The van der Waals surface area contributed by atoms with Crippen molar-refractivity contribution in [1.82, 2.24) is 4.90 Å². The fourth-order valence-electron chi connectivity index (χ4n) is 4.96. The third-order valence-corrected chi connectivity index (χ3v) is 7.20. The number of halogens is 1. The molecule has 1 atom stereocenters. The minimum Gasteiger partial charge on any atom is -0.493 e. The lowest BCUT2D eigenvalue weighted by atomic mass is 9.87. The molecule has 2 N–H and O–H groups in total. The maximum Gasteiger partial charge on any atom is 0.161 e. The third-order valence-electron chi connectivity index (χ3n) is 6.87. The van der Waals surface area contributed by atoms with Gasteiger partial charge in [-0.3, -0.25) is 9.69 Å². The van der Waals surface area contributed by atoms with Gasteiger partial charge in [-0.25, -0.2) is 0 Å². The molecule has 4 rings (SSSR count). The molecule has 1 unspecified atom stereocenters. The van der Waals surface area contributed by atoms with Crippen LogP contribution >= 0.6 is 11.6 Å². The minimum atomic E-state index is -0.124. The van der Waals surface area contributed by atoms with Crippen molar-refractivity contribution >= 4 is 17.4 Å². The van der Waals surface area contributed by atoms with Gasteiger partial charge < -0.3 is 15.2 Å². The van der Waals surface area contributed by atoms with Gasteiger partial charge in [0.2, 0.25) is 0 Å². The van der Waals surface area contributed by atoms with Gasteiger partial charge in [-0.1, -0.05) is 42.3 Å². The second-order valence-corrected chi connectivity index (χ2v) is 9.79. The van der Waals surface area contributed by atoms with Gasteiger partial charge >= 0.3 is 0 Å². The summed E-state index contributed by atoms with van der Waals surface area (Å²) in [5, 5.41) is 0.713. The fraction of sp³-hybridized carbons (Fsp3) is 0.414. The van der Waals surface area contributed by atoms with Gasteiger partial charge in [0.25, 0.3) is 0 Å². The number of carbonyl (C=O) groups is 1. The predicted molar refractivity (Wildman–Crippen MR) is 141 cm³/mol. The predicted octanol–water partition coefficient (Wildman–Crippen LogP) is 5.92. The van der Waals surface area contributed by atoms with Crippen molar-refractivity contribution < 1.29 is 14.3 Å². The van der Waals surface area contributed by atoms with Crippen molar-refractivity contribution in [2.24, 2.45) is 5.73 Å². The summed E-state index contributed by atoms with van der Waals surface area (Å²) in [6, 6.07) is 10.2. The van der Waals surface area contributed by atoms with Gasteiger partial charge in [0, 0.05) is 30.1 Å². The van der Waals surface area contributed by atoms with Gasteiger partial charge in [0.1, 0.15) is 5.78 Å². The van der Waals surface area contributed by atoms with Crippen LogP contribution in [0, 0.1) is 6.92 Å². The number of ketones is 1. The molecule has 1 heterocycles. The Morgan fingerprint density at radius 2 is 2.00 bits per heavy atom. The summed E-state index contributed by atoms with van der Waals surface area (Å²) in [4.78, 5) is 14.7. The third kappa shape index (κ3) is 5.91. The highest BCUT2D eigenvalue weighted by Gasteiger charge is 2.32. The van der Waals surface area contributed by atoms with Crippen LogP contribution in [0.25, 0.3) is 0 Å². The Morgan fingerprint density at radius 1 is 1.17 bits per heavy atom. The molecule has 0 amide bonds. The monoisotopic (exact) mass is 494 g/mol. The van der Waals surface area contributed by atoms with Crippen LogP contribution in [0.3, 0.4) is 0 Å². The number of benzene rings is 2. The number of hydrogen-bond acceptors (Lipinski definition) is 5. The number of nitrogens with two attached hydrogens (primary N) is 1. The van der Waals surface area contributed by atoms with E-state index in [9.17, 15) is 4.79 Å². The summed E-state index contributed by atoms with van der Waals surface area (Å²) in [7, 11) is 1.67. The smallest absolute Gasteiger partial charge is 0.161 e. The molecule has 0 fully saturated rings. The van der Waals surface area contributed by atoms with E-state index in [1.807, 2.05) is 19.9 Å². The normalized spacial score (nSPS) is 17.9. The zero-order chi connectivity index (χ0) is 24.9. The number of nitrogens with zero attached hydrogens (tertiary/aromatic N) is 1. The van der Waals surface area contributed by atoms with E-state index in [2.05, 4.69) is 41.3 Å². The molecule has 0 saturated heterocycles. The van der Waals surface area contributed by atoms with Gasteiger partial charge in [0.05, 0.1) is 26.3 Å². The molecule has 0 radical (unpaired) electrons. The summed E-state index contributed by atoms with van der Waals surface area (Å²) in [5.41, 5.74) is 12.5. The number of fused-ring (bicyclic) bond motifs is 1. The standard InChI is InChI=1S/C29H35ClN2O3/c1-4-23(33)18-32-12-10-21-16-27(34-3)28(35-13-11-20-6-5-7-22(31)15-20)17-25(21)29(32)24-9-8-19(2)14-26(24)30/h7-9,14-17,29H,4-6,10-13,18,31H2,1-3H3. The Morgan fingerprint density at radius 3 is 2.71 bits per heavy atom. The highest BCUT2D eigenvalue weighted by molar-refractivity contribution is 6.31. The number of carbonyl (C=O) groups excluding carboxylic acids is 1. The molecule has 2 aromatic carbocycles. The quantitative estimate of drug-likeness (QED) is 0.469. The van der Waals surface area contributed by atoms with Crippen LogP contribution in [0.4, 0.5) is 0 Å². The molecule has 0 bridgehead atoms. The lowest BCUT2D eigenvalue weighted by Gasteiger charge is -2.38. The minimum absolute atomic E-state index is 0.124. The van der Waals surface area contributed by atoms with Gasteiger partial charge in [-0.2, -0.15) is 0 Å². The molecule has 0 saturated carbocycles. The van der Waals surface area contributed by atoms with Crippen molar-refractivity contribution in [2.75, 3.05) is 26.8 Å². The lowest BCUT2D eigenvalue weighted by Crippen LogP contribution is -2.39. The molecule has 1 aliphatic carbocycles. The number of aryl methyl sites for hydroxylation is 1. The number of allylic oxidation sites excluding steroid dienone is 2. The fourth-order valence-corrected chi connectivity index (χ4v) is 5.30. The number of hydrogen-bond donors (Lipinski definition) is 1. The Hall–Kier alpha value is -2.76. The topological polar surface area (TPSA) is 64.8 Å². The van der Waals surface area contributed by atoms with E-state index < -0.39 is 0 Å². The molecule has 1 aliphatic heterocycles. The molecule has 0 aromatic heterocycles. The van der Waals surface area contributed by atoms with Gasteiger partial charge in [0.15, 0.2) is 11.5 Å². The van der Waals surface area contributed by atoms with Crippen LogP contribution in [0.15, 0.2) is 53.8 Å². The van der Waals surface area contributed by atoms with E-state index in [-0.39, 0.29) is 11.8 Å². The van der Waals surface area contributed by atoms with Crippen LogP contribution < -0.4 is 15.2 Å². The van der Waals surface area contributed by atoms with E-state index >= 15 is 0 Å². The highest BCUT2D eigenvalue weighted by Crippen LogP contribution is 2.43. The average Bonchev–Trinajstić information content (AvgIpc) is 2.84. The second-order valence-electron chi connectivity index (χ2n) is 9.39. The average molecular weight is 495 g/mol. The first-order valence-electron chi connectivity index (χ1n) is 12.4. The molecule has 186 valence electrons. The maximum atomic E-state index is 12.5. The van der Waals surface area contributed by atoms with Crippen LogP contribution in [0.2, 0.25) is 5.02 Å². The first kappa shape index (κ1) is 25.3. The van der Waals surface area contributed by atoms with Crippen molar-refractivity contribution in [2.45, 2.75) is 52.0 Å². The summed E-state index contributed by atoms with van der Waals surface area (Å²) in [6.07, 6.45) is 8.27. The maximum absolute atomic E-state index is 12.5. The van der Waals surface area contributed by atoms with Crippen LogP contribution in [0.5, 0.6) is 11.5 Å². The Bertz CT molecular complexity index is 1150. The number of ether oxygens (including phenoxy) is 2. The van der Waals surface area contributed by atoms with E-state index in [4.69, 9.17) is 26.8 Å². The SMILES string of the molecule is CCC(=O)CN1CCc2cc(OC)c(OCCC3=CC(N)=CCC3)cc2C1c1ccc(C)cc1Cl. The van der Waals surface area contributed by atoms with E-state index in [0.717, 1.165) is 60.4 Å². The first-order valence-corrected chi connectivity index (χ1v) is 12.8. The van der Waals surface area contributed by atoms with Crippen molar-refractivity contribution in [3.8, 4) is 11.5 Å². The molecule has 5 nitrogen and oxygen atoms in total. The first-order chi connectivity index (χ1) is 16.9. The van der Waals surface area contributed by atoms with E-state index in [1.165, 1.54) is 11.1 Å². The molecular formula is C29H35ClN2O3. The van der Waals surface area contributed by atoms with Crippen molar-refractivity contribution in [3.05, 3.63) is 81.0 Å². The summed E-state index contributed by atoms with van der Waals surface area (Å²) in [5.74, 6) is 1.66. The molecule has 6 heteroatoms. The number of Topliss-reactive ketones (excluding diaryl/α,β-unsaturated/α-hetero) is 1. The van der Waals surface area contributed by atoms with Gasteiger partial charge in [-0.05, 0) is 72.7 Å². The summed E-state index contributed by atoms with van der Waals surface area (Å²) >= 11 is 6.76. The van der Waals surface area contributed by atoms with Crippen molar-refractivity contribution in [3.63, 3.8) is 0 Å². The van der Waals surface area contributed by atoms with Crippen LogP contribution in [0.1, 0.15) is 60.9 Å². The zero-order valence-electron chi connectivity index (χ0n) is 20.9. The molecule has 2 aromatic rings.